The lowest BCUT2D eigenvalue weighted by molar-refractivity contribution is -0.143. The first-order valence-corrected chi connectivity index (χ1v) is 9.82. The molecule has 1 aromatic carbocycles. The van der Waals surface area contributed by atoms with Crippen LogP contribution in [0, 0.1) is 11.8 Å². The predicted molar refractivity (Wildman–Crippen MR) is 96.0 cm³/mol. The first kappa shape index (κ1) is 20.2. The summed E-state index contributed by atoms with van der Waals surface area (Å²) in [6.45, 7) is 2.77. The van der Waals surface area contributed by atoms with E-state index >= 15 is 0 Å². The van der Waals surface area contributed by atoms with Gasteiger partial charge in [-0.15, -0.1) is 0 Å². The van der Waals surface area contributed by atoms with Crippen molar-refractivity contribution in [2.45, 2.75) is 24.8 Å². The van der Waals surface area contributed by atoms with Gasteiger partial charge in [0.2, 0.25) is 10.0 Å². The minimum Gasteiger partial charge on any atom is -0.481 e. The van der Waals surface area contributed by atoms with Gasteiger partial charge in [-0.05, 0) is 30.0 Å². The summed E-state index contributed by atoms with van der Waals surface area (Å²) in [5.74, 6) is -1.34. The van der Waals surface area contributed by atoms with Crippen molar-refractivity contribution < 1.29 is 23.1 Å². The molecule has 0 spiro atoms. The van der Waals surface area contributed by atoms with Crippen LogP contribution in [0.3, 0.4) is 0 Å². The fraction of sp³-hybridized carbons (Fsp3) is 0.529. The highest BCUT2D eigenvalue weighted by Crippen LogP contribution is 2.22. The van der Waals surface area contributed by atoms with Crippen LogP contribution in [0.4, 0.5) is 4.79 Å². The Morgan fingerprint density at radius 3 is 2.62 bits per heavy atom. The fourth-order valence-electron chi connectivity index (χ4n) is 3.01. The Bertz CT molecular complexity index is 778. The van der Waals surface area contributed by atoms with Gasteiger partial charge in [0.05, 0.1) is 10.8 Å². The Morgan fingerprint density at radius 1 is 1.31 bits per heavy atom. The number of carboxylic acids is 1. The molecule has 1 aromatic rings. The number of piperidine rings is 1. The third-order valence-corrected chi connectivity index (χ3v) is 6.23. The van der Waals surface area contributed by atoms with Gasteiger partial charge in [-0.3, -0.25) is 4.79 Å². The minimum atomic E-state index is -3.54. The normalized spacial score (nSPS) is 20.8. The third-order valence-electron chi connectivity index (χ3n) is 4.42. The second-order valence-electron chi connectivity index (χ2n) is 6.87. The average Bonchev–Trinajstić information content (AvgIpc) is 2.59. The Kier molecular flexibility index (Phi) is 6.25. The van der Waals surface area contributed by atoms with Gasteiger partial charge in [0, 0.05) is 33.7 Å². The number of aliphatic carboxylic acids is 1. The number of hydrogen-bond donors (Lipinski definition) is 2. The zero-order chi connectivity index (χ0) is 19.5. The van der Waals surface area contributed by atoms with E-state index in [2.05, 4.69) is 5.32 Å². The highest BCUT2D eigenvalue weighted by atomic mass is 32.2. The molecule has 2 amide bonds. The van der Waals surface area contributed by atoms with Crippen molar-refractivity contribution in [3.8, 4) is 0 Å². The SMILES string of the molecule is CC1CC(C(=O)O)CN(C(=O)NCc2cccc(S(=O)(=O)N(C)C)c2)C1. The molecule has 1 heterocycles. The number of carbonyl (C=O) groups excluding carboxylic acids is 1. The lowest BCUT2D eigenvalue weighted by atomic mass is 9.91. The molecule has 0 aliphatic carbocycles. The predicted octanol–water partition coefficient (Wildman–Crippen LogP) is 1.19. The van der Waals surface area contributed by atoms with Crippen LogP contribution >= 0.6 is 0 Å². The van der Waals surface area contributed by atoms with Crippen LogP contribution in [0.5, 0.6) is 0 Å². The number of amides is 2. The number of carboxylic acid groups (broad SMARTS) is 1. The van der Waals surface area contributed by atoms with E-state index in [9.17, 15) is 23.1 Å². The Morgan fingerprint density at radius 2 is 2.00 bits per heavy atom. The summed E-state index contributed by atoms with van der Waals surface area (Å²) in [6.07, 6.45) is 0.559. The van der Waals surface area contributed by atoms with Gasteiger partial charge in [0.1, 0.15) is 0 Å². The quantitative estimate of drug-likeness (QED) is 0.794. The maximum absolute atomic E-state index is 12.4. The number of rotatable bonds is 5. The van der Waals surface area contributed by atoms with Gasteiger partial charge in [0.15, 0.2) is 0 Å². The van der Waals surface area contributed by atoms with E-state index in [1.165, 1.54) is 31.1 Å². The van der Waals surface area contributed by atoms with Gasteiger partial charge in [-0.25, -0.2) is 17.5 Å². The van der Waals surface area contributed by atoms with Gasteiger partial charge in [0.25, 0.3) is 0 Å². The number of urea groups is 1. The zero-order valence-electron chi connectivity index (χ0n) is 15.2. The molecule has 0 bridgehead atoms. The van der Waals surface area contributed by atoms with Crippen molar-refractivity contribution in [2.75, 3.05) is 27.2 Å². The van der Waals surface area contributed by atoms with E-state index in [0.29, 0.717) is 18.5 Å². The first-order chi connectivity index (χ1) is 12.1. The van der Waals surface area contributed by atoms with Crippen molar-refractivity contribution in [1.29, 1.82) is 0 Å². The average molecular weight is 383 g/mol. The fourth-order valence-corrected chi connectivity index (χ4v) is 3.98. The van der Waals surface area contributed by atoms with E-state index in [4.69, 9.17) is 0 Å². The standard InChI is InChI=1S/C17H25N3O5S/c1-12-7-14(16(21)22)11-20(10-12)17(23)18-9-13-5-4-6-15(8-13)26(24,25)19(2)3/h4-6,8,12,14H,7,9-11H2,1-3H3,(H,18,23)(H,21,22). The van der Waals surface area contributed by atoms with Crippen LogP contribution in [0.15, 0.2) is 29.2 Å². The van der Waals surface area contributed by atoms with Crippen LogP contribution in [-0.2, 0) is 21.4 Å². The molecule has 1 fully saturated rings. The lowest BCUT2D eigenvalue weighted by Crippen LogP contribution is -2.49. The summed E-state index contributed by atoms with van der Waals surface area (Å²) in [6, 6.07) is 6.04. The summed E-state index contributed by atoms with van der Waals surface area (Å²) in [5, 5.41) is 11.9. The summed E-state index contributed by atoms with van der Waals surface area (Å²) >= 11 is 0. The number of nitrogens with zero attached hydrogens (tertiary/aromatic N) is 2. The third kappa shape index (κ3) is 4.73. The van der Waals surface area contributed by atoms with E-state index < -0.39 is 21.9 Å². The molecule has 1 aliphatic heterocycles. The number of sulfonamides is 1. The number of nitrogens with one attached hydrogen (secondary N) is 1. The molecule has 2 atom stereocenters. The second-order valence-corrected chi connectivity index (χ2v) is 9.03. The molecule has 0 saturated carbocycles. The van der Waals surface area contributed by atoms with Crippen LogP contribution < -0.4 is 5.32 Å². The van der Waals surface area contributed by atoms with Gasteiger partial charge < -0.3 is 15.3 Å². The monoisotopic (exact) mass is 383 g/mol. The van der Waals surface area contributed by atoms with Crippen LogP contribution in [0.2, 0.25) is 0 Å². The molecule has 8 nitrogen and oxygen atoms in total. The molecular formula is C17H25N3O5S. The molecule has 1 saturated heterocycles. The molecule has 2 rings (SSSR count). The topological polar surface area (TPSA) is 107 Å². The van der Waals surface area contributed by atoms with Crippen LogP contribution in [-0.4, -0.2) is 61.9 Å². The van der Waals surface area contributed by atoms with Crippen molar-refractivity contribution in [3.63, 3.8) is 0 Å². The summed E-state index contributed by atoms with van der Waals surface area (Å²) in [5.41, 5.74) is 0.654. The van der Waals surface area contributed by atoms with Gasteiger partial charge in [-0.2, -0.15) is 0 Å². The zero-order valence-corrected chi connectivity index (χ0v) is 16.0. The molecule has 2 N–H and O–H groups in total. The molecule has 9 heteroatoms. The van der Waals surface area contributed by atoms with E-state index in [1.54, 1.807) is 12.1 Å². The van der Waals surface area contributed by atoms with E-state index in [1.807, 2.05) is 6.92 Å². The molecule has 26 heavy (non-hydrogen) atoms. The van der Waals surface area contributed by atoms with Crippen molar-refractivity contribution in [2.24, 2.45) is 11.8 Å². The number of hydrogen-bond acceptors (Lipinski definition) is 4. The number of carbonyl (C=O) groups is 2. The summed E-state index contributed by atoms with van der Waals surface area (Å²) in [4.78, 5) is 25.3. The minimum absolute atomic E-state index is 0.115. The molecule has 0 radical (unpaired) electrons. The lowest BCUT2D eigenvalue weighted by Gasteiger charge is -2.34. The van der Waals surface area contributed by atoms with Crippen LogP contribution in [0.25, 0.3) is 0 Å². The van der Waals surface area contributed by atoms with Crippen molar-refractivity contribution >= 4 is 22.0 Å². The maximum atomic E-state index is 12.4. The Balaban J connectivity index is 2.02. The Labute approximate surface area is 153 Å². The first-order valence-electron chi connectivity index (χ1n) is 8.38. The Hall–Kier alpha value is -2.13. The molecule has 2 unspecified atom stereocenters. The summed E-state index contributed by atoms with van der Waals surface area (Å²) in [7, 11) is -0.621. The van der Waals surface area contributed by atoms with Crippen LogP contribution in [0.1, 0.15) is 18.9 Å². The molecule has 1 aliphatic rings. The maximum Gasteiger partial charge on any atom is 0.317 e. The number of benzene rings is 1. The smallest absolute Gasteiger partial charge is 0.317 e. The molecule has 0 aromatic heterocycles. The second kappa shape index (κ2) is 8.05. The number of likely N-dealkylation sites (tertiary alicyclic amines) is 1. The van der Waals surface area contributed by atoms with Gasteiger partial charge in [-0.1, -0.05) is 19.1 Å². The largest absolute Gasteiger partial charge is 0.481 e. The van der Waals surface area contributed by atoms with Crippen molar-refractivity contribution in [1.82, 2.24) is 14.5 Å². The van der Waals surface area contributed by atoms with E-state index in [0.717, 1.165) is 4.31 Å². The van der Waals surface area contributed by atoms with Gasteiger partial charge >= 0.3 is 12.0 Å². The van der Waals surface area contributed by atoms with E-state index in [-0.39, 0.29) is 29.9 Å². The summed E-state index contributed by atoms with van der Waals surface area (Å²) < 4.78 is 25.5. The van der Waals surface area contributed by atoms with Crippen molar-refractivity contribution in [3.05, 3.63) is 29.8 Å². The molecule has 144 valence electrons. The molecular weight excluding hydrogens is 358 g/mol. The highest BCUT2D eigenvalue weighted by molar-refractivity contribution is 7.89. The highest BCUT2D eigenvalue weighted by Gasteiger charge is 2.31.